The second kappa shape index (κ2) is 8.06. The first-order valence-electron chi connectivity index (χ1n) is 9.82. The highest BCUT2D eigenvalue weighted by Crippen LogP contribution is 2.26. The molecule has 0 spiro atoms. The van der Waals surface area contributed by atoms with Crippen LogP contribution in [-0.4, -0.2) is 27.7 Å². The molecule has 1 heterocycles. The van der Waals surface area contributed by atoms with Gasteiger partial charge in [0, 0.05) is 18.1 Å². The van der Waals surface area contributed by atoms with E-state index in [1.54, 1.807) is 30.5 Å². The van der Waals surface area contributed by atoms with Crippen LogP contribution in [0, 0.1) is 17.1 Å². The monoisotopic (exact) mass is 391 g/mol. The third-order valence-electron chi connectivity index (χ3n) is 5.58. The molecule has 29 heavy (non-hydrogen) atoms. The summed E-state index contributed by atoms with van der Waals surface area (Å²) < 4.78 is 16.5. The van der Waals surface area contributed by atoms with Crippen molar-refractivity contribution in [2.24, 2.45) is 0 Å². The number of fused-ring (bicyclic) bond motifs is 1. The fourth-order valence-corrected chi connectivity index (χ4v) is 4.02. The van der Waals surface area contributed by atoms with Crippen molar-refractivity contribution >= 4 is 16.8 Å². The third kappa shape index (κ3) is 3.87. The van der Waals surface area contributed by atoms with E-state index in [1.807, 2.05) is 16.7 Å². The Morgan fingerprint density at radius 3 is 2.69 bits per heavy atom. The number of benzene rings is 2. The number of aromatic nitrogens is 1. The second-order valence-corrected chi connectivity index (χ2v) is 7.55. The lowest BCUT2D eigenvalue weighted by Crippen LogP contribution is -2.45. The Morgan fingerprint density at radius 1 is 1.21 bits per heavy atom. The molecule has 1 aliphatic rings. The van der Waals surface area contributed by atoms with Gasteiger partial charge in [0.1, 0.15) is 5.82 Å². The number of hydrogen-bond acceptors (Lipinski definition) is 3. The minimum Gasteiger partial charge on any atom is -0.391 e. The molecule has 2 aromatic carbocycles. The summed E-state index contributed by atoms with van der Waals surface area (Å²) in [6.45, 7) is 0.449. The van der Waals surface area contributed by atoms with Crippen molar-refractivity contribution in [2.45, 2.75) is 44.4 Å². The Labute approximate surface area is 168 Å². The number of carbonyl (C=O) groups is 1. The number of amides is 1. The lowest BCUT2D eigenvalue weighted by atomic mass is 9.92. The van der Waals surface area contributed by atoms with Crippen LogP contribution >= 0.6 is 0 Å². The normalized spacial score (nSPS) is 19.1. The van der Waals surface area contributed by atoms with Gasteiger partial charge in [-0.3, -0.25) is 4.79 Å². The molecule has 148 valence electrons. The second-order valence-electron chi connectivity index (χ2n) is 7.55. The quantitative estimate of drug-likeness (QED) is 0.711. The third-order valence-corrected chi connectivity index (χ3v) is 5.58. The molecule has 1 aliphatic carbocycles. The largest absolute Gasteiger partial charge is 0.391 e. The molecule has 3 aromatic rings. The van der Waals surface area contributed by atoms with Crippen molar-refractivity contribution in [3.63, 3.8) is 0 Å². The van der Waals surface area contributed by atoms with Gasteiger partial charge in [-0.05, 0) is 42.7 Å². The van der Waals surface area contributed by atoms with Gasteiger partial charge in [-0.1, -0.05) is 31.0 Å². The van der Waals surface area contributed by atoms with Gasteiger partial charge in [-0.15, -0.1) is 0 Å². The van der Waals surface area contributed by atoms with Crippen molar-refractivity contribution in [1.82, 2.24) is 9.88 Å². The van der Waals surface area contributed by atoms with Crippen molar-refractivity contribution in [2.75, 3.05) is 0 Å². The van der Waals surface area contributed by atoms with Crippen molar-refractivity contribution in [1.29, 1.82) is 5.26 Å². The first-order chi connectivity index (χ1) is 14.1. The predicted molar refractivity (Wildman–Crippen MR) is 108 cm³/mol. The molecule has 2 atom stereocenters. The minimum absolute atomic E-state index is 0.268. The molecular weight excluding hydrogens is 369 g/mol. The number of aliphatic hydroxyl groups is 1. The Kier molecular flexibility index (Phi) is 5.32. The topological polar surface area (TPSA) is 78.0 Å². The molecule has 0 bridgehead atoms. The van der Waals surface area contributed by atoms with Crippen molar-refractivity contribution in [3.05, 3.63) is 71.2 Å². The number of nitrogens with one attached hydrogen (secondary N) is 1. The summed E-state index contributed by atoms with van der Waals surface area (Å²) in [6, 6.07) is 13.7. The SMILES string of the molecule is N#Cc1ccc(Cn2cc(C(=O)N[C@H]3CCCC[C@@H]3O)c3c(F)cccc32)cc1. The van der Waals surface area contributed by atoms with E-state index in [4.69, 9.17) is 5.26 Å². The molecule has 1 fully saturated rings. The molecule has 0 unspecified atom stereocenters. The highest BCUT2D eigenvalue weighted by molar-refractivity contribution is 6.07. The highest BCUT2D eigenvalue weighted by Gasteiger charge is 2.27. The Balaban J connectivity index is 1.67. The standard InChI is InChI=1S/C23H22FN3O2/c24-18-4-3-6-20-22(18)17(23(29)26-19-5-1-2-7-21(19)28)14-27(20)13-16-10-8-15(12-25)9-11-16/h3-4,6,8-11,14,19,21,28H,1-2,5,7,13H2,(H,26,29)/t19-,21-/m0/s1. The number of hydrogen-bond donors (Lipinski definition) is 2. The summed E-state index contributed by atoms with van der Waals surface area (Å²) in [6.07, 6.45) is 4.39. The zero-order valence-corrected chi connectivity index (χ0v) is 15.9. The highest BCUT2D eigenvalue weighted by atomic mass is 19.1. The number of carbonyl (C=O) groups excluding carboxylic acids is 1. The lowest BCUT2D eigenvalue weighted by Gasteiger charge is -2.28. The molecule has 2 N–H and O–H groups in total. The van der Waals surface area contributed by atoms with Gasteiger partial charge in [-0.25, -0.2) is 4.39 Å². The van der Waals surface area contributed by atoms with E-state index in [1.165, 1.54) is 6.07 Å². The molecule has 0 radical (unpaired) electrons. The number of halogens is 1. The van der Waals surface area contributed by atoms with Crippen LogP contribution in [0.15, 0.2) is 48.7 Å². The summed E-state index contributed by atoms with van der Waals surface area (Å²) >= 11 is 0. The van der Waals surface area contributed by atoms with Crippen LogP contribution in [-0.2, 0) is 6.54 Å². The molecule has 1 amide bonds. The molecule has 4 rings (SSSR count). The van der Waals surface area contributed by atoms with Crippen LogP contribution in [0.5, 0.6) is 0 Å². The molecular formula is C23H22FN3O2. The molecule has 5 nitrogen and oxygen atoms in total. The van der Waals surface area contributed by atoms with E-state index in [0.717, 1.165) is 24.8 Å². The molecule has 6 heteroatoms. The summed E-state index contributed by atoms with van der Waals surface area (Å²) in [7, 11) is 0. The Bertz CT molecular complexity index is 1080. The van der Waals surface area contributed by atoms with Crippen LogP contribution < -0.4 is 5.32 Å². The lowest BCUT2D eigenvalue weighted by molar-refractivity contribution is 0.0718. The number of aliphatic hydroxyl groups excluding tert-OH is 1. The van der Waals surface area contributed by atoms with Gasteiger partial charge in [0.2, 0.25) is 0 Å². The fourth-order valence-electron chi connectivity index (χ4n) is 4.02. The summed E-state index contributed by atoms with van der Waals surface area (Å²) in [5.74, 6) is -0.819. The molecule has 1 saturated carbocycles. The molecule has 0 saturated heterocycles. The molecule has 1 aromatic heterocycles. The number of nitriles is 1. The smallest absolute Gasteiger partial charge is 0.253 e. The number of nitrogens with zero attached hydrogens (tertiary/aromatic N) is 2. The summed E-state index contributed by atoms with van der Waals surface area (Å²) in [5, 5.41) is 22.3. The average Bonchev–Trinajstić information content (AvgIpc) is 3.10. The molecule has 0 aliphatic heterocycles. The van der Waals surface area contributed by atoms with Crippen LogP contribution in [0.1, 0.15) is 47.2 Å². The maximum atomic E-state index is 14.6. The minimum atomic E-state index is -0.565. The van der Waals surface area contributed by atoms with Crippen LogP contribution in [0.3, 0.4) is 0 Å². The number of rotatable bonds is 4. The van der Waals surface area contributed by atoms with Gasteiger partial charge >= 0.3 is 0 Å². The first-order valence-corrected chi connectivity index (χ1v) is 9.82. The Hall–Kier alpha value is -3.17. The van der Waals surface area contributed by atoms with Gasteiger partial charge in [-0.2, -0.15) is 5.26 Å². The Morgan fingerprint density at radius 2 is 1.97 bits per heavy atom. The van der Waals surface area contributed by atoms with Gasteiger partial charge in [0.15, 0.2) is 0 Å². The maximum absolute atomic E-state index is 14.6. The predicted octanol–water partition coefficient (Wildman–Crippen LogP) is 3.73. The van der Waals surface area contributed by atoms with E-state index in [9.17, 15) is 14.3 Å². The zero-order valence-electron chi connectivity index (χ0n) is 15.9. The van der Waals surface area contributed by atoms with E-state index in [2.05, 4.69) is 11.4 Å². The van der Waals surface area contributed by atoms with Crippen LogP contribution in [0.4, 0.5) is 4.39 Å². The van der Waals surface area contributed by atoms with Crippen molar-refractivity contribution < 1.29 is 14.3 Å². The fraction of sp³-hybridized carbons (Fsp3) is 0.304. The average molecular weight is 391 g/mol. The maximum Gasteiger partial charge on any atom is 0.253 e. The van der Waals surface area contributed by atoms with Gasteiger partial charge in [0.25, 0.3) is 5.91 Å². The summed E-state index contributed by atoms with van der Waals surface area (Å²) in [5.41, 5.74) is 2.41. The van der Waals surface area contributed by atoms with E-state index in [-0.39, 0.29) is 22.9 Å². The van der Waals surface area contributed by atoms with E-state index >= 15 is 0 Å². The van der Waals surface area contributed by atoms with Gasteiger partial charge < -0.3 is 15.0 Å². The summed E-state index contributed by atoms with van der Waals surface area (Å²) in [4.78, 5) is 12.9. The first kappa shape index (κ1) is 19.2. The van der Waals surface area contributed by atoms with Crippen LogP contribution in [0.2, 0.25) is 0 Å². The van der Waals surface area contributed by atoms with E-state index in [0.29, 0.717) is 24.0 Å². The van der Waals surface area contributed by atoms with Crippen molar-refractivity contribution in [3.8, 4) is 6.07 Å². The van der Waals surface area contributed by atoms with E-state index < -0.39 is 11.9 Å². The van der Waals surface area contributed by atoms with Crippen LogP contribution in [0.25, 0.3) is 10.9 Å². The van der Waals surface area contributed by atoms with Gasteiger partial charge in [0.05, 0.1) is 34.9 Å². The zero-order chi connectivity index (χ0) is 20.4.